The average Bonchev–Trinajstić information content (AvgIpc) is 2.86. The van der Waals surface area contributed by atoms with Gasteiger partial charge in [-0.3, -0.25) is 4.79 Å². The van der Waals surface area contributed by atoms with Crippen LogP contribution in [-0.4, -0.2) is 25.2 Å². The number of rotatable bonds is 9. The molecule has 0 bridgehead atoms. The number of primary amides is 1. The lowest BCUT2D eigenvalue weighted by molar-refractivity contribution is -0.121. The van der Waals surface area contributed by atoms with Gasteiger partial charge in [-0.05, 0) is 67.7 Å². The van der Waals surface area contributed by atoms with Gasteiger partial charge in [0.15, 0.2) is 0 Å². The smallest absolute Gasteiger partial charge is 0.244 e. The first-order valence-corrected chi connectivity index (χ1v) is 14.2. The third-order valence-electron chi connectivity index (χ3n) is 7.22. The van der Waals surface area contributed by atoms with E-state index in [0.29, 0.717) is 6.54 Å². The Hall–Kier alpha value is -2.67. The summed E-state index contributed by atoms with van der Waals surface area (Å²) in [5.41, 5.74) is 8.87. The number of amides is 1. The van der Waals surface area contributed by atoms with Gasteiger partial charge in [0.1, 0.15) is 4.90 Å². The predicted octanol–water partition coefficient (Wildman–Crippen LogP) is 5.91. The minimum absolute atomic E-state index is 0.129. The summed E-state index contributed by atoms with van der Waals surface area (Å²) in [5.74, 6) is -0.272. The Bertz CT molecular complexity index is 1270. The highest BCUT2D eigenvalue weighted by molar-refractivity contribution is 7.89. The molecule has 0 radical (unpaired) electrons. The summed E-state index contributed by atoms with van der Waals surface area (Å²) in [6.07, 6.45) is 3.34. The van der Waals surface area contributed by atoms with Crippen LogP contribution >= 0.6 is 11.6 Å². The van der Waals surface area contributed by atoms with Crippen molar-refractivity contribution < 1.29 is 13.2 Å². The molecular weight excluding hydrogens is 492 g/mol. The van der Waals surface area contributed by atoms with E-state index in [9.17, 15) is 13.2 Å². The van der Waals surface area contributed by atoms with Crippen molar-refractivity contribution in [2.45, 2.75) is 50.0 Å². The molecule has 4 rings (SSSR count). The molecule has 0 heterocycles. The molecule has 1 amide bonds. The number of carbonyl (C=O) groups excluding carboxylic acids is 1. The molecule has 0 spiro atoms. The van der Waals surface area contributed by atoms with Crippen molar-refractivity contribution >= 4 is 27.5 Å². The molecule has 5 nitrogen and oxygen atoms in total. The Morgan fingerprint density at radius 3 is 2.17 bits per heavy atom. The van der Waals surface area contributed by atoms with Crippen LogP contribution in [-0.2, 0) is 21.4 Å². The SMILES string of the molecule is Cc1ccc(C(C(N)=O)C2CCC(CN(Cc3ccccc3)S(=O)(=O)c3ccccc3Cl)CC2)cc1. The molecular formula is C29H33ClN2O3S. The average molecular weight is 525 g/mol. The molecule has 7 heteroatoms. The monoisotopic (exact) mass is 524 g/mol. The molecule has 1 fully saturated rings. The highest BCUT2D eigenvalue weighted by Gasteiger charge is 2.35. The summed E-state index contributed by atoms with van der Waals surface area (Å²) in [5, 5.41) is 0.224. The number of nitrogens with zero attached hydrogens (tertiary/aromatic N) is 1. The molecule has 3 aromatic carbocycles. The summed E-state index contributed by atoms with van der Waals surface area (Å²) >= 11 is 6.30. The summed E-state index contributed by atoms with van der Waals surface area (Å²) in [4.78, 5) is 12.5. The van der Waals surface area contributed by atoms with Crippen LogP contribution in [0.2, 0.25) is 5.02 Å². The lowest BCUT2D eigenvalue weighted by atomic mass is 9.73. The fraction of sp³-hybridized carbons (Fsp3) is 0.345. The molecule has 1 saturated carbocycles. The van der Waals surface area contributed by atoms with E-state index in [4.69, 9.17) is 17.3 Å². The van der Waals surface area contributed by atoms with Gasteiger partial charge in [-0.1, -0.05) is 83.9 Å². The second-order valence-electron chi connectivity index (χ2n) is 9.79. The molecule has 190 valence electrons. The second-order valence-corrected chi connectivity index (χ2v) is 12.1. The Morgan fingerprint density at radius 2 is 1.56 bits per heavy atom. The van der Waals surface area contributed by atoms with Gasteiger partial charge in [-0.2, -0.15) is 4.31 Å². The van der Waals surface area contributed by atoms with Crippen LogP contribution in [0.15, 0.2) is 83.8 Å². The van der Waals surface area contributed by atoms with Gasteiger partial charge in [-0.25, -0.2) is 8.42 Å². The van der Waals surface area contributed by atoms with E-state index in [-0.39, 0.29) is 40.1 Å². The van der Waals surface area contributed by atoms with Crippen molar-refractivity contribution in [3.63, 3.8) is 0 Å². The van der Waals surface area contributed by atoms with E-state index >= 15 is 0 Å². The fourth-order valence-electron chi connectivity index (χ4n) is 5.26. The van der Waals surface area contributed by atoms with E-state index in [1.807, 2.05) is 61.5 Å². The number of halogens is 1. The van der Waals surface area contributed by atoms with Crippen LogP contribution in [0.25, 0.3) is 0 Å². The first-order chi connectivity index (χ1) is 17.3. The number of benzene rings is 3. The zero-order valence-corrected chi connectivity index (χ0v) is 22.1. The minimum Gasteiger partial charge on any atom is -0.369 e. The van der Waals surface area contributed by atoms with Crippen LogP contribution in [0.4, 0.5) is 0 Å². The Balaban J connectivity index is 1.51. The van der Waals surface area contributed by atoms with Gasteiger partial charge in [-0.15, -0.1) is 0 Å². The Kier molecular flexibility index (Phi) is 8.50. The van der Waals surface area contributed by atoms with Crippen molar-refractivity contribution in [3.05, 3.63) is 101 Å². The van der Waals surface area contributed by atoms with Gasteiger partial charge < -0.3 is 5.73 Å². The van der Waals surface area contributed by atoms with Gasteiger partial charge in [0.25, 0.3) is 0 Å². The number of hydrogen-bond acceptors (Lipinski definition) is 3. The van der Waals surface area contributed by atoms with E-state index in [2.05, 4.69) is 0 Å². The number of nitrogens with two attached hydrogens (primary N) is 1. The largest absolute Gasteiger partial charge is 0.369 e. The molecule has 36 heavy (non-hydrogen) atoms. The zero-order chi connectivity index (χ0) is 25.7. The molecule has 0 aliphatic heterocycles. The molecule has 1 aliphatic carbocycles. The predicted molar refractivity (Wildman–Crippen MR) is 144 cm³/mol. The van der Waals surface area contributed by atoms with Gasteiger partial charge in [0.2, 0.25) is 15.9 Å². The van der Waals surface area contributed by atoms with Crippen LogP contribution in [0, 0.1) is 18.8 Å². The van der Waals surface area contributed by atoms with Crippen molar-refractivity contribution in [2.24, 2.45) is 17.6 Å². The summed E-state index contributed by atoms with van der Waals surface area (Å²) < 4.78 is 28.9. The Labute approximate surface area is 219 Å². The maximum Gasteiger partial charge on any atom is 0.244 e. The van der Waals surface area contributed by atoms with Gasteiger partial charge >= 0.3 is 0 Å². The zero-order valence-electron chi connectivity index (χ0n) is 20.5. The molecule has 1 atom stereocenters. The molecule has 0 aromatic heterocycles. The third kappa shape index (κ3) is 6.17. The van der Waals surface area contributed by atoms with Crippen LogP contribution < -0.4 is 5.73 Å². The normalized spacial score (nSPS) is 19.2. The lowest BCUT2D eigenvalue weighted by Crippen LogP contribution is -2.37. The lowest BCUT2D eigenvalue weighted by Gasteiger charge is -2.35. The minimum atomic E-state index is -3.79. The number of sulfonamides is 1. The maximum atomic E-state index is 13.7. The topological polar surface area (TPSA) is 80.5 Å². The maximum absolute atomic E-state index is 13.7. The van der Waals surface area contributed by atoms with Crippen molar-refractivity contribution in [2.75, 3.05) is 6.54 Å². The molecule has 0 saturated heterocycles. The summed E-state index contributed by atoms with van der Waals surface area (Å²) in [6.45, 7) is 2.70. The van der Waals surface area contributed by atoms with Crippen molar-refractivity contribution in [1.82, 2.24) is 4.31 Å². The number of hydrogen-bond donors (Lipinski definition) is 1. The van der Waals surface area contributed by atoms with Gasteiger partial charge in [0, 0.05) is 13.1 Å². The summed E-state index contributed by atoms with van der Waals surface area (Å²) in [6, 6.07) is 24.2. The van der Waals surface area contributed by atoms with Crippen molar-refractivity contribution in [1.29, 1.82) is 0 Å². The molecule has 3 aromatic rings. The van der Waals surface area contributed by atoms with Crippen LogP contribution in [0.5, 0.6) is 0 Å². The summed E-state index contributed by atoms with van der Waals surface area (Å²) in [7, 11) is -3.79. The van der Waals surface area contributed by atoms with E-state index in [1.54, 1.807) is 28.6 Å². The van der Waals surface area contributed by atoms with E-state index in [0.717, 1.165) is 42.4 Å². The third-order valence-corrected chi connectivity index (χ3v) is 9.54. The standard InChI is InChI=1S/C29H33ClN2O3S/c1-21-11-15-24(16-12-21)28(29(31)33)25-17-13-23(14-18-25)20-32(19-22-7-3-2-4-8-22)36(34,35)27-10-6-5-9-26(27)30/h2-12,15-16,23,25,28H,13-14,17-20H2,1H3,(H2,31,33). The molecule has 2 N–H and O–H groups in total. The van der Waals surface area contributed by atoms with Gasteiger partial charge in [0.05, 0.1) is 10.9 Å². The van der Waals surface area contributed by atoms with E-state index in [1.165, 1.54) is 0 Å². The first kappa shape index (κ1) is 26.4. The highest BCUT2D eigenvalue weighted by Crippen LogP contribution is 2.39. The van der Waals surface area contributed by atoms with Crippen LogP contribution in [0.1, 0.15) is 48.3 Å². The second kappa shape index (κ2) is 11.6. The quantitative estimate of drug-likeness (QED) is 0.377. The van der Waals surface area contributed by atoms with Crippen molar-refractivity contribution in [3.8, 4) is 0 Å². The molecule has 1 unspecified atom stereocenters. The number of aryl methyl sites for hydroxylation is 1. The fourth-order valence-corrected chi connectivity index (χ4v) is 7.26. The Morgan fingerprint density at radius 1 is 0.944 bits per heavy atom. The number of carbonyl (C=O) groups is 1. The van der Waals surface area contributed by atoms with Crippen LogP contribution in [0.3, 0.4) is 0 Å². The van der Waals surface area contributed by atoms with E-state index < -0.39 is 10.0 Å². The first-order valence-electron chi connectivity index (χ1n) is 12.4. The highest BCUT2D eigenvalue weighted by atomic mass is 35.5. The molecule has 1 aliphatic rings.